The molecular weight excluding hydrogens is 348 g/mol. The first kappa shape index (κ1) is 17.9. The van der Waals surface area contributed by atoms with Gasteiger partial charge in [-0.25, -0.2) is 9.97 Å². The number of halogens is 1. The Hall–Kier alpha value is -2.92. The van der Waals surface area contributed by atoms with E-state index in [1.807, 2.05) is 39.0 Å². The highest BCUT2D eigenvalue weighted by atomic mass is 35.5. The number of aromatic nitrogens is 2. The number of nitrogens with zero attached hydrogens (tertiary/aromatic N) is 2. The van der Waals surface area contributed by atoms with E-state index in [1.165, 1.54) is 0 Å². The minimum atomic E-state index is -0.317. The Kier molecular flexibility index (Phi) is 5.19. The van der Waals surface area contributed by atoms with E-state index in [9.17, 15) is 4.79 Å². The summed E-state index contributed by atoms with van der Waals surface area (Å²) in [5.74, 6) is 0.0703. The van der Waals surface area contributed by atoms with Crippen molar-refractivity contribution in [1.29, 1.82) is 0 Å². The minimum absolute atomic E-state index is 0.284. The number of nitrogens with one attached hydrogen (secondary N) is 2. The highest BCUT2D eigenvalue weighted by Gasteiger charge is 2.12. The van der Waals surface area contributed by atoms with Gasteiger partial charge >= 0.3 is 0 Å². The van der Waals surface area contributed by atoms with E-state index in [-0.39, 0.29) is 11.6 Å². The van der Waals surface area contributed by atoms with E-state index in [0.29, 0.717) is 22.4 Å². The lowest BCUT2D eigenvalue weighted by atomic mass is 10.1. The van der Waals surface area contributed by atoms with Crippen molar-refractivity contribution >= 4 is 34.8 Å². The summed E-state index contributed by atoms with van der Waals surface area (Å²) in [6.07, 6.45) is 0. The fraction of sp³-hybridized carbons (Fsp3) is 0.150. The zero-order valence-electron chi connectivity index (χ0n) is 14.8. The molecule has 0 saturated heterocycles. The van der Waals surface area contributed by atoms with Gasteiger partial charge in [0.2, 0.25) is 5.95 Å². The van der Waals surface area contributed by atoms with Gasteiger partial charge in [-0.2, -0.15) is 0 Å². The molecule has 26 heavy (non-hydrogen) atoms. The first-order valence-corrected chi connectivity index (χ1v) is 8.56. The molecule has 2 aromatic carbocycles. The zero-order valence-corrected chi connectivity index (χ0v) is 15.6. The molecule has 0 spiro atoms. The Labute approximate surface area is 157 Å². The number of anilines is 3. The summed E-state index contributed by atoms with van der Waals surface area (Å²) in [5.41, 5.74) is 4.71. The lowest BCUT2D eigenvalue weighted by Crippen LogP contribution is -2.15. The SMILES string of the molecule is Cc1cc(C(=O)Nc2cccc(Cl)c2)nc(Nc2c(C)cccc2C)n1. The fourth-order valence-electron chi connectivity index (χ4n) is 2.63. The summed E-state index contributed by atoms with van der Waals surface area (Å²) in [5, 5.41) is 6.58. The van der Waals surface area contributed by atoms with Crippen LogP contribution in [0.15, 0.2) is 48.5 Å². The van der Waals surface area contributed by atoms with Gasteiger partial charge in [-0.15, -0.1) is 0 Å². The van der Waals surface area contributed by atoms with Gasteiger partial charge in [0.05, 0.1) is 0 Å². The Balaban J connectivity index is 1.86. The summed E-state index contributed by atoms with van der Waals surface area (Å²) in [6, 6.07) is 14.6. The number of carbonyl (C=O) groups excluding carboxylic acids is 1. The molecule has 0 aliphatic carbocycles. The maximum atomic E-state index is 12.5. The lowest BCUT2D eigenvalue weighted by Gasteiger charge is -2.13. The van der Waals surface area contributed by atoms with Gasteiger partial charge in [-0.3, -0.25) is 4.79 Å². The van der Waals surface area contributed by atoms with Crippen molar-refractivity contribution in [2.24, 2.45) is 0 Å². The predicted octanol–water partition coefficient (Wildman–Crippen LogP) is 5.05. The monoisotopic (exact) mass is 366 g/mol. The molecule has 6 heteroatoms. The lowest BCUT2D eigenvalue weighted by molar-refractivity contribution is 0.102. The van der Waals surface area contributed by atoms with E-state index in [4.69, 9.17) is 11.6 Å². The van der Waals surface area contributed by atoms with E-state index in [1.54, 1.807) is 30.3 Å². The first-order valence-electron chi connectivity index (χ1n) is 8.18. The number of rotatable bonds is 4. The Morgan fingerprint density at radius 2 is 1.65 bits per heavy atom. The van der Waals surface area contributed by atoms with Gasteiger partial charge in [-0.05, 0) is 56.2 Å². The highest BCUT2D eigenvalue weighted by Crippen LogP contribution is 2.23. The molecule has 1 aromatic heterocycles. The molecular formula is C20H19ClN4O. The van der Waals surface area contributed by atoms with E-state index >= 15 is 0 Å². The van der Waals surface area contributed by atoms with Crippen molar-refractivity contribution in [3.8, 4) is 0 Å². The van der Waals surface area contributed by atoms with Gasteiger partial charge in [0.1, 0.15) is 5.69 Å². The van der Waals surface area contributed by atoms with Gasteiger partial charge in [0, 0.05) is 22.1 Å². The summed E-state index contributed by atoms with van der Waals surface area (Å²) < 4.78 is 0. The van der Waals surface area contributed by atoms with Crippen LogP contribution in [0.3, 0.4) is 0 Å². The number of carbonyl (C=O) groups is 1. The second-order valence-corrected chi connectivity index (χ2v) is 6.51. The molecule has 0 atom stereocenters. The topological polar surface area (TPSA) is 66.9 Å². The van der Waals surface area contributed by atoms with Crippen molar-refractivity contribution in [3.05, 3.63) is 76.1 Å². The number of hydrogen-bond donors (Lipinski definition) is 2. The van der Waals surface area contributed by atoms with Crippen LogP contribution in [-0.2, 0) is 0 Å². The van der Waals surface area contributed by atoms with Crippen LogP contribution in [0.4, 0.5) is 17.3 Å². The molecule has 0 fully saturated rings. The van der Waals surface area contributed by atoms with Crippen LogP contribution in [0, 0.1) is 20.8 Å². The maximum absolute atomic E-state index is 12.5. The number of hydrogen-bond acceptors (Lipinski definition) is 4. The van der Waals surface area contributed by atoms with Crippen LogP contribution < -0.4 is 10.6 Å². The molecule has 0 unspecified atom stereocenters. The molecule has 0 bridgehead atoms. The predicted molar refractivity (Wildman–Crippen MR) is 105 cm³/mol. The molecule has 1 amide bonds. The van der Waals surface area contributed by atoms with Crippen LogP contribution in [0.2, 0.25) is 5.02 Å². The van der Waals surface area contributed by atoms with Crippen LogP contribution in [0.1, 0.15) is 27.3 Å². The zero-order chi connectivity index (χ0) is 18.7. The first-order chi connectivity index (χ1) is 12.4. The van der Waals surface area contributed by atoms with Crippen molar-refractivity contribution in [3.63, 3.8) is 0 Å². The van der Waals surface area contributed by atoms with Crippen molar-refractivity contribution < 1.29 is 4.79 Å². The van der Waals surface area contributed by atoms with Crippen LogP contribution >= 0.6 is 11.6 Å². The standard InChI is InChI=1S/C20H19ClN4O/c1-12-6-4-7-13(2)18(12)25-20-22-14(3)10-17(24-20)19(26)23-16-9-5-8-15(21)11-16/h4-11H,1-3H3,(H,23,26)(H,22,24,25). The Morgan fingerprint density at radius 3 is 2.35 bits per heavy atom. The third kappa shape index (κ3) is 4.18. The Morgan fingerprint density at radius 1 is 0.962 bits per heavy atom. The van der Waals surface area contributed by atoms with Crippen LogP contribution in [0.5, 0.6) is 0 Å². The third-order valence-corrected chi connectivity index (χ3v) is 4.12. The molecule has 2 N–H and O–H groups in total. The Bertz CT molecular complexity index is 952. The van der Waals surface area contributed by atoms with Crippen molar-refractivity contribution in [2.75, 3.05) is 10.6 Å². The van der Waals surface area contributed by atoms with E-state index < -0.39 is 0 Å². The fourth-order valence-corrected chi connectivity index (χ4v) is 2.82. The average Bonchev–Trinajstić information content (AvgIpc) is 2.58. The van der Waals surface area contributed by atoms with E-state index in [0.717, 1.165) is 16.8 Å². The second kappa shape index (κ2) is 7.54. The summed E-state index contributed by atoms with van der Waals surface area (Å²) >= 11 is 5.96. The van der Waals surface area contributed by atoms with Gasteiger partial charge in [0.15, 0.2) is 0 Å². The van der Waals surface area contributed by atoms with E-state index in [2.05, 4.69) is 20.6 Å². The summed E-state index contributed by atoms with van der Waals surface area (Å²) in [4.78, 5) is 21.3. The largest absolute Gasteiger partial charge is 0.324 e. The molecule has 5 nitrogen and oxygen atoms in total. The molecule has 1 heterocycles. The van der Waals surface area contributed by atoms with Crippen LogP contribution in [-0.4, -0.2) is 15.9 Å². The molecule has 132 valence electrons. The van der Waals surface area contributed by atoms with Gasteiger partial charge in [0.25, 0.3) is 5.91 Å². The van der Waals surface area contributed by atoms with Gasteiger partial charge in [-0.1, -0.05) is 35.9 Å². The number of benzene rings is 2. The summed E-state index contributed by atoms with van der Waals surface area (Å²) in [6.45, 7) is 5.85. The van der Waals surface area contributed by atoms with Crippen molar-refractivity contribution in [1.82, 2.24) is 9.97 Å². The normalized spacial score (nSPS) is 10.5. The molecule has 3 aromatic rings. The highest BCUT2D eigenvalue weighted by molar-refractivity contribution is 6.30. The molecule has 0 radical (unpaired) electrons. The molecule has 0 saturated carbocycles. The van der Waals surface area contributed by atoms with Gasteiger partial charge < -0.3 is 10.6 Å². The molecule has 0 aliphatic heterocycles. The molecule has 0 aliphatic rings. The second-order valence-electron chi connectivity index (χ2n) is 6.07. The van der Waals surface area contributed by atoms with Crippen molar-refractivity contribution in [2.45, 2.75) is 20.8 Å². The number of amides is 1. The van der Waals surface area contributed by atoms with Crippen LogP contribution in [0.25, 0.3) is 0 Å². The smallest absolute Gasteiger partial charge is 0.274 e. The summed E-state index contributed by atoms with van der Waals surface area (Å²) in [7, 11) is 0. The number of para-hydroxylation sites is 1. The molecule has 3 rings (SSSR count). The number of aryl methyl sites for hydroxylation is 3. The third-order valence-electron chi connectivity index (χ3n) is 3.89. The average molecular weight is 367 g/mol. The maximum Gasteiger partial charge on any atom is 0.274 e. The minimum Gasteiger partial charge on any atom is -0.324 e. The quantitative estimate of drug-likeness (QED) is 0.678.